The van der Waals surface area contributed by atoms with Gasteiger partial charge in [0.1, 0.15) is 11.5 Å². The zero-order chi connectivity index (χ0) is 20.9. The molecule has 4 rings (SSSR count). The Kier molecular flexibility index (Phi) is 6.58. The number of piperidine rings is 1. The molecule has 2 aromatic rings. The van der Waals surface area contributed by atoms with Crippen LogP contribution in [0.1, 0.15) is 30.4 Å². The largest absolute Gasteiger partial charge is 0.497 e. The number of hydrogen-bond donors (Lipinski definition) is 0. The number of carbonyl (C=O) groups is 1. The molecule has 2 aliphatic rings. The number of nitrogens with zero attached hydrogens (tertiary/aromatic N) is 2. The normalized spacial score (nSPS) is 22.3. The number of benzene rings is 2. The second-order valence-electron chi connectivity index (χ2n) is 8.55. The molecule has 2 atom stereocenters. The van der Waals surface area contributed by atoms with Crippen LogP contribution in [0.5, 0.6) is 11.5 Å². The molecule has 30 heavy (non-hydrogen) atoms. The minimum Gasteiger partial charge on any atom is -0.497 e. The van der Waals surface area contributed by atoms with Crippen molar-refractivity contribution in [3.63, 3.8) is 0 Å². The van der Waals surface area contributed by atoms with E-state index in [1.807, 2.05) is 29.2 Å². The first-order chi connectivity index (χ1) is 14.6. The van der Waals surface area contributed by atoms with E-state index in [0.717, 1.165) is 56.1 Å². The summed E-state index contributed by atoms with van der Waals surface area (Å²) in [5, 5.41) is 0. The fraction of sp³-hybridized carbons (Fsp3) is 0.480. The quantitative estimate of drug-likeness (QED) is 0.726. The molecular formula is C25H32N2O3. The van der Waals surface area contributed by atoms with Crippen LogP contribution < -0.4 is 9.47 Å². The molecule has 160 valence electrons. The number of rotatable bonds is 6. The number of hydrogen-bond acceptors (Lipinski definition) is 4. The topological polar surface area (TPSA) is 42.0 Å². The van der Waals surface area contributed by atoms with Crippen molar-refractivity contribution < 1.29 is 14.3 Å². The van der Waals surface area contributed by atoms with Crippen LogP contribution in [0.25, 0.3) is 0 Å². The van der Waals surface area contributed by atoms with Crippen LogP contribution in [-0.4, -0.2) is 49.6 Å². The molecule has 2 fully saturated rings. The number of methoxy groups -OCH3 is 2. The number of likely N-dealkylation sites (tertiary alicyclic amines) is 2. The highest BCUT2D eigenvalue weighted by molar-refractivity contribution is 5.76. The van der Waals surface area contributed by atoms with E-state index in [1.165, 1.54) is 5.56 Å². The molecule has 2 aliphatic heterocycles. The zero-order valence-electron chi connectivity index (χ0n) is 18.0. The maximum atomic E-state index is 12.9. The van der Waals surface area contributed by atoms with Gasteiger partial charge in [0, 0.05) is 32.6 Å². The van der Waals surface area contributed by atoms with Gasteiger partial charge in [0.25, 0.3) is 0 Å². The first kappa shape index (κ1) is 20.7. The Balaban J connectivity index is 1.34. The average Bonchev–Trinajstić information content (AvgIpc) is 2.93. The fourth-order valence-electron chi connectivity index (χ4n) is 4.80. The highest BCUT2D eigenvalue weighted by atomic mass is 16.5. The molecule has 0 saturated carbocycles. The highest BCUT2D eigenvalue weighted by Gasteiger charge is 2.34. The molecule has 0 N–H and O–H groups in total. The molecule has 2 unspecified atom stereocenters. The van der Waals surface area contributed by atoms with E-state index in [4.69, 9.17) is 9.47 Å². The predicted octanol–water partition coefficient (Wildman–Crippen LogP) is 3.96. The lowest BCUT2D eigenvalue weighted by atomic mass is 9.82. The summed E-state index contributed by atoms with van der Waals surface area (Å²) in [7, 11) is 3.37. The summed E-state index contributed by atoms with van der Waals surface area (Å²) in [5.74, 6) is 3.18. The Hall–Kier alpha value is -2.53. The third kappa shape index (κ3) is 4.96. The van der Waals surface area contributed by atoms with Gasteiger partial charge in [-0.25, -0.2) is 0 Å². The molecule has 5 heteroatoms. The van der Waals surface area contributed by atoms with Crippen molar-refractivity contribution in [3.05, 3.63) is 59.7 Å². The predicted molar refractivity (Wildman–Crippen MR) is 118 cm³/mol. The van der Waals surface area contributed by atoms with Crippen molar-refractivity contribution in [1.29, 1.82) is 0 Å². The Morgan fingerprint density at radius 1 is 0.800 bits per heavy atom. The third-order valence-corrected chi connectivity index (χ3v) is 6.63. The van der Waals surface area contributed by atoms with Gasteiger partial charge < -0.3 is 14.4 Å². The SMILES string of the molecule is COc1ccc(CN2CCC3CC(=O)N(Cc4ccc(OC)cc4)CCC3C2)cc1. The Bertz CT molecular complexity index is 834. The summed E-state index contributed by atoms with van der Waals surface area (Å²) in [4.78, 5) is 17.5. The highest BCUT2D eigenvalue weighted by Crippen LogP contribution is 2.33. The molecule has 2 aromatic carbocycles. The van der Waals surface area contributed by atoms with E-state index in [2.05, 4.69) is 29.2 Å². The van der Waals surface area contributed by atoms with Gasteiger partial charge in [0.15, 0.2) is 0 Å². The first-order valence-corrected chi connectivity index (χ1v) is 10.9. The van der Waals surface area contributed by atoms with Gasteiger partial charge >= 0.3 is 0 Å². The van der Waals surface area contributed by atoms with Crippen LogP contribution in [-0.2, 0) is 17.9 Å². The number of fused-ring (bicyclic) bond motifs is 1. The van der Waals surface area contributed by atoms with E-state index in [1.54, 1.807) is 14.2 Å². The van der Waals surface area contributed by atoms with Crippen LogP contribution in [0.2, 0.25) is 0 Å². The van der Waals surface area contributed by atoms with Gasteiger partial charge in [0.05, 0.1) is 14.2 Å². The van der Waals surface area contributed by atoms with Gasteiger partial charge in [-0.1, -0.05) is 24.3 Å². The van der Waals surface area contributed by atoms with Crippen molar-refractivity contribution in [2.75, 3.05) is 33.9 Å². The van der Waals surface area contributed by atoms with Crippen LogP contribution in [0.4, 0.5) is 0 Å². The van der Waals surface area contributed by atoms with Gasteiger partial charge in [-0.05, 0) is 66.6 Å². The molecule has 0 aliphatic carbocycles. The van der Waals surface area contributed by atoms with E-state index in [9.17, 15) is 4.79 Å². The van der Waals surface area contributed by atoms with E-state index >= 15 is 0 Å². The molecular weight excluding hydrogens is 376 g/mol. The lowest BCUT2D eigenvalue weighted by Gasteiger charge is -2.37. The maximum absolute atomic E-state index is 12.9. The fourth-order valence-corrected chi connectivity index (χ4v) is 4.80. The Morgan fingerprint density at radius 3 is 1.97 bits per heavy atom. The molecule has 2 heterocycles. The van der Waals surface area contributed by atoms with E-state index in [-0.39, 0.29) is 0 Å². The third-order valence-electron chi connectivity index (χ3n) is 6.63. The molecule has 0 bridgehead atoms. The molecule has 0 aromatic heterocycles. The van der Waals surface area contributed by atoms with Crippen LogP contribution >= 0.6 is 0 Å². The number of ether oxygens (including phenoxy) is 2. The molecule has 2 saturated heterocycles. The van der Waals surface area contributed by atoms with Crippen molar-refractivity contribution >= 4 is 5.91 Å². The van der Waals surface area contributed by atoms with Gasteiger partial charge in [-0.3, -0.25) is 9.69 Å². The summed E-state index contributed by atoms with van der Waals surface area (Å²) in [5.41, 5.74) is 2.48. The van der Waals surface area contributed by atoms with Crippen molar-refractivity contribution in [1.82, 2.24) is 9.80 Å². The smallest absolute Gasteiger partial charge is 0.223 e. The lowest BCUT2D eigenvalue weighted by Crippen LogP contribution is -2.40. The Morgan fingerprint density at radius 2 is 1.37 bits per heavy atom. The number of carbonyl (C=O) groups excluding carboxylic acids is 1. The monoisotopic (exact) mass is 408 g/mol. The standard InChI is InChI=1S/C25H32N2O3/c1-29-23-7-3-19(4-8-23)16-26-13-11-21-15-25(28)27(14-12-22(21)18-26)17-20-5-9-24(30-2)10-6-20/h3-10,21-22H,11-18H2,1-2H3. The van der Waals surface area contributed by atoms with Crippen LogP contribution in [0.15, 0.2) is 48.5 Å². The second kappa shape index (κ2) is 9.52. The molecule has 0 spiro atoms. The maximum Gasteiger partial charge on any atom is 0.223 e. The van der Waals surface area contributed by atoms with Crippen molar-refractivity contribution in [2.24, 2.45) is 11.8 Å². The second-order valence-corrected chi connectivity index (χ2v) is 8.55. The van der Waals surface area contributed by atoms with Gasteiger partial charge in [-0.15, -0.1) is 0 Å². The summed E-state index contributed by atoms with van der Waals surface area (Å²) >= 11 is 0. The minimum atomic E-state index is 0.307. The van der Waals surface area contributed by atoms with Gasteiger partial charge in [0.2, 0.25) is 5.91 Å². The number of amides is 1. The van der Waals surface area contributed by atoms with Crippen molar-refractivity contribution in [3.8, 4) is 11.5 Å². The summed E-state index contributed by atoms with van der Waals surface area (Å²) in [6.07, 6.45) is 2.89. The lowest BCUT2D eigenvalue weighted by molar-refractivity contribution is -0.132. The minimum absolute atomic E-state index is 0.307. The first-order valence-electron chi connectivity index (χ1n) is 10.9. The summed E-state index contributed by atoms with van der Waals surface area (Å²) in [6.45, 7) is 4.66. The summed E-state index contributed by atoms with van der Waals surface area (Å²) < 4.78 is 10.5. The van der Waals surface area contributed by atoms with Crippen LogP contribution in [0, 0.1) is 11.8 Å². The van der Waals surface area contributed by atoms with E-state index < -0.39 is 0 Å². The molecule has 5 nitrogen and oxygen atoms in total. The molecule has 0 radical (unpaired) electrons. The zero-order valence-corrected chi connectivity index (χ0v) is 18.0. The van der Waals surface area contributed by atoms with Crippen LogP contribution in [0.3, 0.4) is 0 Å². The average molecular weight is 409 g/mol. The molecule has 1 amide bonds. The summed E-state index contributed by atoms with van der Waals surface area (Å²) in [6, 6.07) is 16.4. The van der Waals surface area contributed by atoms with E-state index in [0.29, 0.717) is 30.7 Å². The Labute approximate surface area is 179 Å². The van der Waals surface area contributed by atoms with Gasteiger partial charge in [-0.2, -0.15) is 0 Å². The van der Waals surface area contributed by atoms with Crippen molar-refractivity contribution in [2.45, 2.75) is 32.4 Å².